The number of benzene rings is 1. The molecular formula is C11H12N2OS. The SMILES string of the molecule is CC(S)C(=O)NCc1cccc(C#N)c1. The summed E-state index contributed by atoms with van der Waals surface area (Å²) in [6.07, 6.45) is 0. The van der Waals surface area contributed by atoms with Crippen molar-refractivity contribution in [2.24, 2.45) is 0 Å². The smallest absolute Gasteiger partial charge is 0.232 e. The van der Waals surface area contributed by atoms with Gasteiger partial charge in [-0.1, -0.05) is 12.1 Å². The van der Waals surface area contributed by atoms with Crippen LogP contribution in [-0.2, 0) is 11.3 Å². The molecule has 1 amide bonds. The van der Waals surface area contributed by atoms with Crippen molar-refractivity contribution in [2.75, 3.05) is 0 Å². The number of hydrogen-bond donors (Lipinski definition) is 2. The molecule has 0 spiro atoms. The maximum atomic E-state index is 11.2. The average molecular weight is 220 g/mol. The summed E-state index contributed by atoms with van der Waals surface area (Å²) in [5.74, 6) is -0.110. The zero-order chi connectivity index (χ0) is 11.3. The summed E-state index contributed by atoms with van der Waals surface area (Å²) in [7, 11) is 0. The first-order valence-electron chi connectivity index (χ1n) is 4.58. The number of nitrogens with zero attached hydrogens (tertiary/aromatic N) is 1. The van der Waals surface area contributed by atoms with Gasteiger partial charge in [0.15, 0.2) is 0 Å². The van der Waals surface area contributed by atoms with Crippen molar-refractivity contribution in [3.8, 4) is 6.07 Å². The number of thiol groups is 1. The molecule has 0 aliphatic heterocycles. The van der Waals surface area contributed by atoms with Gasteiger partial charge in [0.05, 0.1) is 16.9 Å². The molecule has 3 nitrogen and oxygen atoms in total. The molecule has 0 saturated heterocycles. The Labute approximate surface area is 94.5 Å². The number of hydrogen-bond acceptors (Lipinski definition) is 3. The zero-order valence-electron chi connectivity index (χ0n) is 8.40. The second-order valence-corrected chi connectivity index (χ2v) is 3.98. The molecule has 0 fully saturated rings. The van der Waals surface area contributed by atoms with Crippen molar-refractivity contribution >= 4 is 18.5 Å². The topological polar surface area (TPSA) is 52.9 Å². The van der Waals surface area contributed by atoms with E-state index >= 15 is 0 Å². The van der Waals surface area contributed by atoms with Crippen LogP contribution < -0.4 is 5.32 Å². The number of carbonyl (C=O) groups is 1. The van der Waals surface area contributed by atoms with Crippen LogP contribution >= 0.6 is 12.6 Å². The van der Waals surface area contributed by atoms with E-state index in [4.69, 9.17) is 5.26 Å². The first-order valence-corrected chi connectivity index (χ1v) is 5.10. The summed E-state index contributed by atoms with van der Waals surface area (Å²) in [4.78, 5) is 11.2. The van der Waals surface area contributed by atoms with Crippen molar-refractivity contribution in [1.29, 1.82) is 5.26 Å². The minimum atomic E-state index is -0.316. The standard InChI is InChI=1S/C11H12N2OS/c1-8(15)11(14)13-7-10-4-2-3-9(5-10)6-12/h2-5,8,15H,7H2,1H3,(H,13,14). The van der Waals surface area contributed by atoms with Gasteiger partial charge in [-0.05, 0) is 24.6 Å². The Balaban J connectivity index is 2.59. The third kappa shape index (κ3) is 3.64. The molecule has 0 aliphatic carbocycles. The van der Waals surface area contributed by atoms with Crippen LogP contribution in [0.25, 0.3) is 0 Å². The lowest BCUT2D eigenvalue weighted by atomic mass is 10.1. The van der Waals surface area contributed by atoms with Crippen LogP contribution in [0.3, 0.4) is 0 Å². The highest BCUT2D eigenvalue weighted by Crippen LogP contribution is 2.04. The number of amides is 1. The highest BCUT2D eigenvalue weighted by molar-refractivity contribution is 7.81. The normalized spacial score (nSPS) is 11.5. The fourth-order valence-electron chi connectivity index (χ4n) is 1.09. The maximum absolute atomic E-state index is 11.2. The summed E-state index contributed by atoms with van der Waals surface area (Å²) in [5.41, 5.74) is 1.51. The number of nitrogens with one attached hydrogen (secondary N) is 1. The van der Waals surface area contributed by atoms with Crippen molar-refractivity contribution in [1.82, 2.24) is 5.32 Å². The second-order valence-electron chi connectivity index (χ2n) is 3.21. The molecule has 0 saturated carbocycles. The van der Waals surface area contributed by atoms with Crippen LogP contribution in [0.2, 0.25) is 0 Å². The van der Waals surface area contributed by atoms with E-state index in [0.29, 0.717) is 12.1 Å². The maximum Gasteiger partial charge on any atom is 0.232 e. The number of rotatable bonds is 3. The quantitative estimate of drug-likeness (QED) is 0.758. The van der Waals surface area contributed by atoms with Gasteiger partial charge >= 0.3 is 0 Å². The van der Waals surface area contributed by atoms with Crippen LogP contribution in [0.5, 0.6) is 0 Å². The van der Waals surface area contributed by atoms with Gasteiger partial charge < -0.3 is 5.32 Å². The van der Waals surface area contributed by atoms with Crippen molar-refractivity contribution < 1.29 is 4.79 Å². The molecule has 1 unspecified atom stereocenters. The van der Waals surface area contributed by atoms with E-state index in [1.165, 1.54) is 0 Å². The molecule has 0 aromatic heterocycles. The van der Waals surface area contributed by atoms with Gasteiger partial charge in [0.1, 0.15) is 0 Å². The van der Waals surface area contributed by atoms with E-state index in [1.807, 2.05) is 12.1 Å². The Hall–Kier alpha value is -1.47. The molecule has 78 valence electrons. The Morgan fingerprint density at radius 1 is 1.67 bits per heavy atom. The van der Waals surface area contributed by atoms with Crippen LogP contribution in [0.4, 0.5) is 0 Å². The van der Waals surface area contributed by atoms with E-state index in [-0.39, 0.29) is 11.2 Å². The Morgan fingerprint density at radius 3 is 3.00 bits per heavy atom. The largest absolute Gasteiger partial charge is 0.351 e. The second kappa shape index (κ2) is 5.42. The lowest BCUT2D eigenvalue weighted by molar-refractivity contribution is -0.120. The minimum Gasteiger partial charge on any atom is -0.351 e. The Morgan fingerprint density at radius 2 is 2.40 bits per heavy atom. The van der Waals surface area contributed by atoms with Crippen LogP contribution in [0, 0.1) is 11.3 Å². The van der Waals surface area contributed by atoms with Crippen molar-refractivity contribution in [3.05, 3.63) is 35.4 Å². The van der Waals surface area contributed by atoms with Crippen LogP contribution in [0.15, 0.2) is 24.3 Å². The first kappa shape index (κ1) is 11.6. The van der Waals surface area contributed by atoms with Gasteiger partial charge in [-0.25, -0.2) is 0 Å². The summed E-state index contributed by atoms with van der Waals surface area (Å²) < 4.78 is 0. The molecule has 1 aromatic carbocycles. The molecule has 1 aromatic rings. The average Bonchev–Trinajstić information content (AvgIpc) is 2.26. The lowest BCUT2D eigenvalue weighted by Crippen LogP contribution is -2.29. The van der Waals surface area contributed by atoms with Crippen LogP contribution in [0.1, 0.15) is 18.1 Å². The minimum absolute atomic E-state index is 0.110. The third-order valence-corrected chi connectivity index (χ3v) is 2.14. The first-order chi connectivity index (χ1) is 7.13. The zero-order valence-corrected chi connectivity index (χ0v) is 9.29. The number of carbonyl (C=O) groups excluding carboxylic acids is 1. The number of nitriles is 1. The van der Waals surface area contributed by atoms with Gasteiger partial charge in [0.2, 0.25) is 5.91 Å². The summed E-state index contributed by atoms with van der Waals surface area (Å²) in [6, 6.07) is 9.19. The van der Waals surface area contributed by atoms with Gasteiger partial charge in [-0.15, -0.1) is 0 Å². The highest BCUT2D eigenvalue weighted by Gasteiger charge is 2.06. The Bertz CT molecular complexity index is 396. The summed E-state index contributed by atoms with van der Waals surface area (Å²) in [5, 5.41) is 11.1. The predicted octanol–water partition coefficient (Wildman–Crippen LogP) is 1.49. The van der Waals surface area contributed by atoms with E-state index in [9.17, 15) is 4.79 Å². The molecule has 1 rings (SSSR count). The van der Waals surface area contributed by atoms with E-state index < -0.39 is 0 Å². The van der Waals surface area contributed by atoms with Gasteiger partial charge in [-0.3, -0.25) is 4.79 Å². The lowest BCUT2D eigenvalue weighted by Gasteiger charge is -2.07. The monoisotopic (exact) mass is 220 g/mol. The van der Waals surface area contributed by atoms with Gasteiger partial charge in [-0.2, -0.15) is 17.9 Å². The summed E-state index contributed by atoms with van der Waals surface area (Å²) in [6.45, 7) is 2.14. The third-order valence-electron chi connectivity index (χ3n) is 1.90. The molecule has 15 heavy (non-hydrogen) atoms. The molecule has 0 heterocycles. The summed E-state index contributed by atoms with van der Waals surface area (Å²) >= 11 is 4.01. The van der Waals surface area contributed by atoms with Crippen LogP contribution in [-0.4, -0.2) is 11.2 Å². The van der Waals surface area contributed by atoms with E-state index in [1.54, 1.807) is 25.1 Å². The molecule has 4 heteroatoms. The highest BCUT2D eigenvalue weighted by atomic mass is 32.1. The van der Waals surface area contributed by atoms with E-state index in [2.05, 4.69) is 17.9 Å². The molecule has 0 radical (unpaired) electrons. The van der Waals surface area contributed by atoms with E-state index in [0.717, 1.165) is 5.56 Å². The van der Waals surface area contributed by atoms with Gasteiger partial charge in [0.25, 0.3) is 0 Å². The van der Waals surface area contributed by atoms with Crippen molar-refractivity contribution in [2.45, 2.75) is 18.7 Å². The predicted molar refractivity (Wildman–Crippen MR) is 61.5 cm³/mol. The van der Waals surface area contributed by atoms with Gasteiger partial charge in [0, 0.05) is 6.54 Å². The fourth-order valence-corrected chi connectivity index (χ4v) is 1.18. The fraction of sp³-hybridized carbons (Fsp3) is 0.273. The van der Waals surface area contributed by atoms with Crippen molar-refractivity contribution in [3.63, 3.8) is 0 Å². The Kier molecular flexibility index (Phi) is 4.19. The molecule has 1 N–H and O–H groups in total. The molecule has 1 atom stereocenters. The molecule has 0 aliphatic rings. The molecular weight excluding hydrogens is 208 g/mol. The molecule has 0 bridgehead atoms.